The predicted molar refractivity (Wildman–Crippen MR) is 301 cm³/mol. The molecule has 0 radical (unpaired) electrons. The van der Waals surface area contributed by atoms with E-state index in [0.717, 1.165) is 55.4 Å². The van der Waals surface area contributed by atoms with Crippen molar-refractivity contribution in [2.24, 2.45) is 0 Å². The number of hydrogen-bond acceptors (Lipinski definition) is 16. The highest BCUT2D eigenvalue weighted by atomic mass is 32.2. The van der Waals surface area contributed by atoms with Gasteiger partial charge in [-0.2, -0.15) is 28.6 Å². The molecule has 1 aliphatic heterocycles. The van der Waals surface area contributed by atoms with Crippen LogP contribution in [-0.4, -0.2) is 103 Å². The van der Waals surface area contributed by atoms with E-state index in [1.165, 1.54) is 4.31 Å². The van der Waals surface area contributed by atoms with Gasteiger partial charge >= 0.3 is 0 Å². The number of benzene rings is 5. The normalized spacial score (nSPS) is 13.1. The van der Waals surface area contributed by atoms with Crippen LogP contribution >= 0.6 is 0 Å². The van der Waals surface area contributed by atoms with Crippen molar-refractivity contribution in [2.75, 3.05) is 19.7 Å². The van der Waals surface area contributed by atoms with Crippen molar-refractivity contribution in [1.82, 2.24) is 64.1 Å². The van der Waals surface area contributed by atoms with Crippen molar-refractivity contribution in [1.29, 1.82) is 0 Å². The molecular formula is C59H49N13O7S. The molecule has 1 aliphatic rings. The van der Waals surface area contributed by atoms with Crippen LogP contribution in [0.25, 0.3) is 72.6 Å². The summed E-state index contributed by atoms with van der Waals surface area (Å²) in [7, 11) is -3.70. The van der Waals surface area contributed by atoms with Crippen molar-refractivity contribution < 1.29 is 32.5 Å². The zero-order valence-electron chi connectivity index (χ0n) is 42.8. The van der Waals surface area contributed by atoms with Crippen LogP contribution in [0, 0.1) is 0 Å². The van der Waals surface area contributed by atoms with Crippen LogP contribution in [-0.2, 0) is 23.2 Å². The average Bonchev–Trinajstić information content (AvgIpc) is 4.24. The number of aromatic nitrogens is 12. The van der Waals surface area contributed by atoms with Gasteiger partial charge in [-0.1, -0.05) is 73.8 Å². The van der Waals surface area contributed by atoms with E-state index in [-0.39, 0.29) is 24.2 Å². The molecule has 8 heterocycles. The fraction of sp³-hybridized carbons (Fsp3) is 0.136. The van der Waals surface area contributed by atoms with E-state index in [0.29, 0.717) is 83.1 Å². The number of aromatic amines is 1. The maximum absolute atomic E-state index is 12.4. The first kappa shape index (κ1) is 50.8. The van der Waals surface area contributed by atoms with Crippen LogP contribution < -0.4 is 18.9 Å². The Morgan fingerprint density at radius 2 is 1.18 bits per heavy atom. The van der Waals surface area contributed by atoms with E-state index in [9.17, 15) is 13.5 Å². The first-order valence-electron chi connectivity index (χ1n) is 25.5. The van der Waals surface area contributed by atoms with E-state index < -0.39 is 16.6 Å². The monoisotopic (exact) mass is 1080 g/mol. The second-order valence-electron chi connectivity index (χ2n) is 18.5. The molecule has 2 N–H and O–H groups in total. The summed E-state index contributed by atoms with van der Waals surface area (Å²) < 4.78 is 54.2. The molecule has 1 saturated heterocycles. The topological polar surface area (TPSA) is 235 Å². The standard InChI is InChI=1S/C30H21N7O2.C29H28N6O5S/c1-2-24-23-16-20(9-11-26(23)33-32-24)39-21-8-10-22-27(17-21)31-15-14-28(22)38-18-30-35-34-29-13-12-25(36-37(29)30)19-6-4-3-5-7-19;1-20(18-36)41(37,38)34-15-12-22(13-16-34)40-23-7-8-24-26(17-23)30-14-11-27(24)39-19-29-32-31-28-10-9-25(33-35(28)29)21-5-3-2-4-6-21/h2-17H,1,18H2,(H,32,33);2-11,14,17,22,36H,1,12-13,15-16,18-19H2. The Bertz CT molecular complexity index is 4360. The SMILES string of the molecule is C=C(CO)S(=O)(=O)N1CCC(Oc2ccc3c(OCc4nnc5ccc(-c6ccccc6)nn45)ccnc3c2)CC1.C=Cc1n[nH]c2ccc(Oc3ccc4c(OCc5nnc6ccc(-c7ccccc7)nn56)ccnc4c3)cc12. The van der Waals surface area contributed by atoms with Crippen LogP contribution in [0.15, 0.2) is 182 Å². The molecule has 0 atom stereocenters. The third kappa shape index (κ3) is 10.6. The second-order valence-corrected chi connectivity index (χ2v) is 20.6. The maximum atomic E-state index is 12.4. The number of pyridine rings is 2. The van der Waals surface area contributed by atoms with Gasteiger partial charge in [-0.3, -0.25) is 15.1 Å². The molecule has 0 unspecified atom stereocenters. The Labute approximate surface area is 457 Å². The van der Waals surface area contributed by atoms with Gasteiger partial charge in [0.25, 0.3) is 0 Å². The van der Waals surface area contributed by atoms with E-state index in [1.807, 2.05) is 146 Å². The average molecular weight is 1080 g/mol. The van der Waals surface area contributed by atoms with E-state index >= 15 is 0 Å². The van der Waals surface area contributed by atoms with Gasteiger partial charge in [0.05, 0.1) is 45.1 Å². The zero-order chi connectivity index (χ0) is 54.6. The molecule has 21 heteroatoms. The van der Waals surface area contributed by atoms with E-state index in [2.05, 4.69) is 53.7 Å². The Balaban J connectivity index is 0.000000159. The van der Waals surface area contributed by atoms with Gasteiger partial charge in [-0.15, -0.1) is 20.4 Å². The summed E-state index contributed by atoms with van der Waals surface area (Å²) in [4.78, 5) is 8.81. The number of aliphatic hydroxyl groups is 1. The molecule has 5 aromatic carbocycles. The lowest BCUT2D eigenvalue weighted by molar-refractivity contribution is 0.135. The number of hydrogen-bond donors (Lipinski definition) is 2. The van der Waals surface area contributed by atoms with Gasteiger partial charge in [-0.25, -0.2) is 8.42 Å². The molecule has 20 nitrogen and oxygen atoms in total. The smallest absolute Gasteiger partial charge is 0.240 e. The Hall–Kier alpha value is -9.96. The Morgan fingerprint density at radius 3 is 1.74 bits per heavy atom. The van der Waals surface area contributed by atoms with Crippen LogP contribution in [0.5, 0.6) is 28.7 Å². The van der Waals surface area contributed by atoms with Gasteiger partial charge in [-0.05, 0) is 97.8 Å². The van der Waals surface area contributed by atoms with Crippen molar-refractivity contribution in [3.8, 4) is 51.3 Å². The van der Waals surface area contributed by atoms with Crippen LogP contribution in [0.2, 0.25) is 0 Å². The summed E-state index contributed by atoms with van der Waals surface area (Å²) in [6.45, 7) is 7.64. The second kappa shape index (κ2) is 22.2. The highest BCUT2D eigenvalue weighted by Gasteiger charge is 2.31. The van der Waals surface area contributed by atoms with Crippen molar-refractivity contribution >= 4 is 60.1 Å². The van der Waals surface area contributed by atoms with Crippen LogP contribution in [0.4, 0.5) is 0 Å². The highest BCUT2D eigenvalue weighted by Crippen LogP contribution is 2.33. The quantitative estimate of drug-likeness (QED) is 0.0916. The molecule has 398 valence electrons. The number of piperidine rings is 1. The van der Waals surface area contributed by atoms with Gasteiger partial charge in [0.1, 0.15) is 48.1 Å². The largest absolute Gasteiger partial charge is 0.490 e. The predicted octanol–water partition coefficient (Wildman–Crippen LogP) is 9.83. The Kier molecular flexibility index (Phi) is 14.1. The number of fused-ring (bicyclic) bond motifs is 5. The molecule has 0 amide bonds. The number of sulfonamides is 1. The number of nitrogens with zero attached hydrogens (tertiary/aromatic N) is 12. The first-order chi connectivity index (χ1) is 39.2. The summed E-state index contributed by atoms with van der Waals surface area (Å²) in [5.41, 5.74) is 8.10. The fourth-order valence-electron chi connectivity index (χ4n) is 9.26. The number of ether oxygens (including phenoxy) is 4. The maximum Gasteiger partial charge on any atom is 0.240 e. The summed E-state index contributed by atoms with van der Waals surface area (Å²) in [5.74, 6) is 4.48. The first-order valence-corrected chi connectivity index (χ1v) is 26.9. The lowest BCUT2D eigenvalue weighted by atomic mass is 10.1. The van der Waals surface area contributed by atoms with Crippen molar-refractivity contribution in [2.45, 2.75) is 32.2 Å². The number of aliphatic hydroxyl groups excluding tert-OH is 1. The van der Waals surface area contributed by atoms with Gasteiger partial charge in [0.15, 0.2) is 22.9 Å². The number of H-pyrrole nitrogens is 1. The molecular weight excluding hydrogens is 1030 g/mol. The molecule has 1 fully saturated rings. The van der Waals surface area contributed by atoms with Crippen LogP contribution in [0.1, 0.15) is 30.2 Å². The third-order valence-corrected chi connectivity index (χ3v) is 15.3. The third-order valence-electron chi connectivity index (χ3n) is 13.4. The minimum atomic E-state index is -3.70. The lowest BCUT2D eigenvalue weighted by Gasteiger charge is -2.31. The summed E-state index contributed by atoms with van der Waals surface area (Å²) in [5, 5.41) is 45.5. The van der Waals surface area contributed by atoms with Crippen LogP contribution in [0.3, 0.4) is 0 Å². The lowest BCUT2D eigenvalue weighted by Crippen LogP contribution is -2.42. The van der Waals surface area contributed by atoms with Gasteiger partial charge < -0.3 is 24.1 Å². The molecule has 13 rings (SSSR count). The molecule has 12 aromatic rings. The highest BCUT2D eigenvalue weighted by molar-refractivity contribution is 7.93. The summed E-state index contributed by atoms with van der Waals surface area (Å²) in [6.07, 6.45) is 6.01. The van der Waals surface area contributed by atoms with E-state index in [1.54, 1.807) is 33.6 Å². The minimum absolute atomic E-state index is 0.143. The zero-order valence-corrected chi connectivity index (χ0v) is 43.6. The summed E-state index contributed by atoms with van der Waals surface area (Å²) in [6, 6.07) is 48.2. The van der Waals surface area contributed by atoms with E-state index in [4.69, 9.17) is 29.1 Å². The molecule has 0 saturated carbocycles. The molecule has 0 bridgehead atoms. The fourth-order valence-corrected chi connectivity index (χ4v) is 10.5. The summed E-state index contributed by atoms with van der Waals surface area (Å²) >= 11 is 0. The minimum Gasteiger partial charge on any atom is -0.490 e. The van der Waals surface area contributed by atoms with Crippen molar-refractivity contribution in [3.05, 3.63) is 199 Å². The number of rotatable bonds is 16. The van der Waals surface area contributed by atoms with Gasteiger partial charge in [0.2, 0.25) is 10.0 Å². The molecule has 0 spiro atoms. The molecule has 7 aromatic heterocycles. The number of nitrogens with one attached hydrogen (secondary N) is 1. The Morgan fingerprint density at radius 1 is 0.637 bits per heavy atom. The van der Waals surface area contributed by atoms with Gasteiger partial charge in [0, 0.05) is 64.9 Å². The molecule has 80 heavy (non-hydrogen) atoms. The molecule has 0 aliphatic carbocycles. The van der Waals surface area contributed by atoms with Crippen molar-refractivity contribution in [3.63, 3.8) is 0 Å².